The highest BCUT2D eigenvalue weighted by Gasteiger charge is 2.23. The molecule has 0 spiro atoms. The van der Waals surface area contributed by atoms with Crippen LogP contribution in [0.2, 0.25) is 0 Å². The highest BCUT2D eigenvalue weighted by molar-refractivity contribution is 6.00. The average Bonchev–Trinajstić information content (AvgIpc) is 3.05. The first kappa shape index (κ1) is 13.2. The van der Waals surface area contributed by atoms with Gasteiger partial charge < -0.3 is 4.52 Å². The number of benzene rings is 2. The third kappa shape index (κ3) is 2.74. The van der Waals surface area contributed by atoms with Crippen molar-refractivity contribution in [2.75, 3.05) is 0 Å². The summed E-state index contributed by atoms with van der Waals surface area (Å²) in [6.07, 6.45) is 0. The zero-order chi connectivity index (χ0) is 14.7. The molecule has 0 aliphatic heterocycles. The van der Waals surface area contributed by atoms with Crippen molar-refractivity contribution < 1.29 is 9.32 Å². The lowest BCUT2D eigenvalue weighted by Crippen LogP contribution is -2.09. The van der Waals surface area contributed by atoms with Gasteiger partial charge in [-0.2, -0.15) is 4.98 Å². The van der Waals surface area contributed by atoms with Crippen LogP contribution in [0.1, 0.15) is 29.1 Å². The van der Waals surface area contributed by atoms with E-state index in [1.165, 1.54) is 0 Å². The second kappa shape index (κ2) is 5.71. The van der Waals surface area contributed by atoms with E-state index in [4.69, 9.17) is 4.52 Å². The van der Waals surface area contributed by atoms with Gasteiger partial charge in [0.25, 0.3) is 0 Å². The van der Waals surface area contributed by atoms with Crippen molar-refractivity contribution in [2.45, 2.75) is 12.8 Å². The molecule has 0 saturated carbocycles. The van der Waals surface area contributed by atoms with Crippen LogP contribution in [0.3, 0.4) is 0 Å². The van der Waals surface area contributed by atoms with E-state index in [1.807, 2.05) is 48.5 Å². The summed E-state index contributed by atoms with van der Waals surface area (Å²) < 4.78 is 5.24. The van der Waals surface area contributed by atoms with Crippen LogP contribution >= 0.6 is 0 Å². The van der Waals surface area contributed by atoms with Gasteiger partial charge in [0.05, 0.1) is 5.92 Å². The van der Waals surface area contributed by atoms with E-state index in [1.54, 1.807) is 19.1 Å². The van der Waals surface area contributed by atoms with Gasteiger partial charge in [0, 0.05) is 11.1 Å². The Morgan fingerprint density at radius 3 is 2.29 bits per heavy atom. The minimum Gasteiger partial charge on any atom is -0.338 e. The van der Waals surface area contributed by atoms with E-state index < -0.39 is 5.92 Å². The molecule has 4 heteroatoms. The summed E-state index contributed by atoms with van der Waals surface area (Å²) in [7, 11) is 0. The number of aromatic nitrogens is 2. The molecule has 104 valence electrons. The molecular weight excluding hydrogens is 264 g/mol. The number of hydrogen-bond donors (Lipinski definition) is 0. The van der Waals surface area contributed by atoms with E-state index in [2.05, 4.69) is 10.1 Å². The summed E-state index contributed by atoms with van der Waals surface area (Å²) >= 11 is 0. The van der Waals surface area contributed by atoms with Gasteiger partial charge >= 0.3 is 0 Å². The van der Waals surface area contributed by atoms with Gasteiger partial charge in [-0.05, 0) is 6.92 Å². The van der Waals surface area contributed by atoms with Gasteiger partial charge in [0.15, 0.2) is 5.78 Å². The largest absolute Gasteiger partial charge is 0.338 e. The molecule has 1 atom stereocenters. The summed E-state index contributed by atoms with van der Waals surface area (Å²) in [5.74, 6) is 0.345. The second-order valence-electron chi connectivity index (χ2n) is 4.77. The number of ketones is 1. The molecule has 4 nitrogen and oxygen atoms in total. The Morgan fingerprint density at radius 1 is 1.00 bits per heavy atom. The molecule has 1 heterocycles. The molecule has 0 aliphatic rings. The molecule has 1 aromatic heterocycles. The molecule has 3 aromatic rings. The molecule has 0 N–H and O–H groups in total. The van der Waals surface area contributed by atoms with E-state index >= 15 is 0 Å². The lowest BCUT2D eigenvalue weighted by molar-refractivity contribution is 0.0951. The molecular formula is C17H14N2O2. The van der Waals surface area contributed by atoms with Crippen LogP contribution in [0.5, 0.6) is 0 Å². The predicted octanol–water partition coefficient (Wildman–Crippen LogP) is 3.72. The molecule has 0 radical (unpaired) electrons. The first-order valence-corrected chi connectivity index (χ1v) is 6.74. The van der Waals surface area contributed by atoms with Crippen molar-refractivity contribution in [1.29, 1.82) is 0 Å². The van der Waals surface area contributed by atoms with Crippen molar-refractivity contribution in [3.05, 3.63) is 72.1 Å². The summed E-state index contributed by atoms with van der Waals surface area (Å²) in [6.45, 7) is 1.78. The fourth-order valence-electron chi connectivity index (χ4n) is 2.08. The molecule has 0 aliphatic carbocycles. The summed E-state index contributed by atoms with van der Waals surface area (Å²) in [5, 5.41) is 3.95. The van der Waals surface area contributed by atoms with Crippen LogP contribution in [0.15, 0.2) is 65.2 Å². The summed E-state index contributed by atoms with van der Waals surface area (Å²) in [5.41, 5.74) is 1.51. The molecule has 2 aromatic carbocycles. The van der Waals surface area contributed by atoms with Crippen LogP contribution in [-0.4, -0.2) is 15.9 Å². The Balaban J connectivity index is 1.85. The number of nitrogens with zero attached hydrogens (tertiary/aromatic N) is 2. The molecule has 21 heavy (non-hydrogen) atoms. The lowest BCUT2D eigenvalue weighted by Gasteiger charge is -2.04. The Morgan fingerprint density at radius 2 is 1.62 bits per heavy atom. The van der Waals surface area contributed by atoms with Gasteiger partial charge in [0.1, 0.15) is 0 Å². The minimum atomic E-state index is -0.461. The Bertz CT molecular complexity index is 736. The normalized spacial score (nSPS) is 12.0. The van der Waals surface area contributed by atoms with Crippen LogP contribution < -0.4 is 0 Å². The Kier molecular flexibility index (Phi) is 3.60. The fourth-order valence-corrected chi connectivity index (χ4v) is 2.08. The number of hydrogen-bond acceptors (Lipinski definition) is 4. The maximum Gasteiger partial charge on any atom is 0.237 e. The van der Waals surface area contributed by atoms with Crippen LogP contribution in [0.25, 0.3) is 11.4 Å². The molecule has 0 amide bonds. The lowest BCUT2D eigenvalue weighted by atomic mass is 9.99. The quantitative estimate of drug-likeness (QED) is 0.682. The Hall–Kier alpha value is -2.75. The van der Waals surface area contributed by atoms with Crippen molar-refractivity contribution >= 4 is 5.78 Å². The third-order valence-corrected chi connectivity index (χ3v) is 3.30. The van der Waals surface area contributed by atoms with Crippen molar-refractivity contribution in [3.63, 3.8) is 0 Å². The molecule has 0 saturated heterocycles. The third-order valence-electron chi connectivity index (χ3n) is 3.30. The summed E-state index contributed by atoms with van der Waals surface area (Å²) in [4.78, 5) is 16.7. The van der Waals surface area contributed by atoms with Gasteiger partial charge in [-0.1, -0.05) is 65.8 Å². The van der Waals surface area contributed by atoms with Gasteiger partial charge in [-0.3, -0.25) is 4.79 Å². The second-order valence-corrected chi connectivity index (χ2v) is 4.77. The molecule has 1 unspecified atom stereocenters. The molecule has 0 bridgehead atoms. The van der Waals surface area contributed by atoms with Gasteiger partial charge in [-0.25, -0.2) is 0 Å². The average molecular weight is 278 g/mol. The number of Topliss-reactive ketones (excluding diaryl/α,β-unsaturated/α-hetero) is 1. The van der Waals surface area contributed by atoms with E-state index in [9.17, 15) is 4.79 Å². The zero-order valence-electron chi connectivity index (χ0n) is 11.6. The highest BCUT2D eigenvalue weighted by Crippen LogP contribution is 2.22. The topological polar surface area (TPSA) is 56.0 Å². The van der Waals surface area contributed by atoms with Gasteiger partial charge in [0.2, 0.25) is 11.7 Å². The first-order valence-electron chi connectivity index (χ1n) is 6.74. The van der Waals surface area contributed by atoms with Crippen LogP contribution in [0.4, 0.5) is 0 Å². The van der Waals surface area contributed by atoms with Gasteiger partial charge in [-0.15, -0.1) is 0 Å². The highest BCUT2D eigenvalue weighted by atomic mass is 16.5. The minimum absolute atomic E-state index is 0.0288. The zero-order valence-corrected chi connectivity index (χ0v) is 11.6. The number of rotatable bonds is 4. The number of carbonyl (C=O) groups is 1. The maximum atomic E-state index is 12.4. The molecule has 3 rings (SSSR count). The Labute approximate surface area is 122 Å². The van der Waals surface area contributed by atoms with E-state index in [0.29, 0.717) is 17.3 Å². The predicted molar refractivity (Wildman–Crippen MR) is 78.9 cm³/mol. The van der Waals surface area contributed by atoms with Crippen molar-refractivity contribution in [2.24, 2.45) is 0 Å². The summed E-state index contributed by atoms with van der Waals surface area (Å²) in [6, 6.07) is 18.7. The molecule has 0 fully saturated rings. The van der Waals surface area contributed by atoms with Crippen LogP contribution in [-0.2, 0) is 0 Å². The van der Waals surface area contributed by atoms with Crippen molar-refractivity contribution in [3.8, 4) is 11.4 Å². The smallest absolute Gasteiger partial charge is 0.237 e. The first-order chi connectivity index (χ1) is 10.3. The van der Waals surface area contributed by atoms with E-state index in [-0.39, 0.29) is 5.78 Å². The van der Waals surface area contributed by atoms with E-state index in [0.717, 1.165) is 5.56 Å². The standard InChI is InChI=1S/C17H14N2O2/c1-12(15(20)13-8-4-2-5-9-13)17-18-16(19-21-17)14-10-6-3-7-11-14/h2-12H,1H3. The SMILES string of the molecule is CC(C(=O)c1ccccc1)c1nc(-c2ccccc2)no1. The monoisotopic (exact) mass is 278 g/mol. The van der Waals surface area contributed by atoms with Crippen LogP contribution in [0, 0.1) is 0 Å². The van der Waals surface area contributed by atoms with Crippen molar-refractivity contribution in [1.82, 2.24) is 10.1 Å². The number of carbonyl (C=O) groups excluding carboxylic acids is 1. The maximum absolute atomic E-state index is 12.4. The fraction of sp³-hybridized carbons (Fsp3) is 0.118.